The number of alkyl halides is 17. The first-order valence-corrected chi connectivity index (χ1v) is 12.5. The molecule has 0 atom stereocenters. The molecule has 0 aliphatic rings. The van der Waals surface area contributed by atoms with Crippen LogP contribution >= 0.6 is 0 Å². The van der Waals surface area contributed by atoms with Crippen LogP contribution in [0.5, 0.6) is 0 Å². The normalized spacial score (nSPS) is 15.2. The molecule has 0 fully saturated rings. The molecule has 3 nitrogen and oxygen atoms in total. The van der Waals surface area contributed by atoms with Crippen LogP contribution in [-0.4, -0.2) is 72.4 Å². The summed E-state index contributed by atoms with van der Waals surface area (Å²) in [6, 6.07) is 8.57. The smallest absolute Gasteiger partial charge is 0.460 e. The fourth-order valence-electron chi connectivity index (χ4n) is 2.32. The van der Waals surface area contributed by atoms with Gasteiger partial charge in [-0.2, -0.15) is 74.6 Å². The zero-order valence-corrected chi connectivity index (χ0v) is 20.4. The summed E-state index contributed by atoms with van der Waals surface area (Å²) >= 11 is 0. The van der Waals surface area contributed by atoms with Crippen LogP contribution in [0, 0.1) is 6.92 Å². The minimum Gasteiger partial charge on any atom is -0.743 e. The number of aryl methyl sites for hydroxylation is 1. The van der Waals surface area contributed by atoms with Gasteiger partial charge in [0.1, 0.15) is 12.5 Å². The fraction of sp³-hybridized carbons (Fsp3) is 0.647. The third-order valence-corrected chi connectivity index (χ3v) is 6.76. The van der Waals surface area contributed by atoms with Gasteiger partial charge in [-0.15, -0.1) is 0 Å². The van der Waals surface area contributed by atoms with Crippen molar-refractivity contribution in [1.29, 1.82) is 0 Å². The van der Waals surface area contributed by atoms with Gasteiger partial charge in [0, 0.05) is 16.5 Å². The first kappa shape index (κ1) is 37.3. The van der Waals surface area contributed by atoms with Gasteiger partial charge in [0.05, 0.1) is 0 Å². The molecular formula is C17H13F17O3S2. The summed E-state index contributed by atoms with van der Waals surface area (Å²) < 4.78 is 244. The highest BCUT2D eigenvalue weighted by Gasteiger charge is 2.95. The lowest BCUT2D eigenvalue weighted by molar-refractivity contribution is -0.458. The minimum atomic E-state index is -8.92. The highest BCUT2D eigenvalue weighted by molar-refractivity contribution is 7.95. The lowest BCUT2D eigenvalue weighted by Gasteiger charge is -2.42. The molecule has 39 heavy (non-hydrogen) atoms. The second kappa shape index (κ2) is 10.6. The van der Waals surface area contributed by atoms with Gasteiger partial charge < -0.3 is 4.55 Å². The maximum atomic E-state index is 13.0. The van der Waals surface area contributed by atoms with Gasteiger partial charge in [-0.3, -0.25) is 0 Å². The van der Waals surface area contributed by atoms with Gasteiger partial charge >= 0.3 is 47.0 Å². The zero-order chi connectivity index (χ0) is 32.1. The van der Waals surface area contributed by atoms with Crippen molar-refractivity contribution in [3.05, 3.63) is 29.8 Å². The van der Waals surface area contributed by atoms with Crippen LogP contribution in [0.25, 0.3) is 0 Å². The molecule has 1 aromatic rings. The highest BCUT2D eigenvalue weighted by atomic mass is 32.2. The molecule has 0 saturated heterocycles. The summed E-state index contributed by atoms with van der Waals surface area (Å²) in [7, 11) is -7.73. The molecule has 0 aromatic heterocycles. The Hall–Kier alpha value is -1.71. The minimum absolute atomic E-state index is 0.409. The Balaban J connectivity index is 0.00000120. The average Bonchev–Trinajstić information content (AvgIpc) is 2.71. The van der Waals surface area contributed by atoms with E-state index in [1.165, 1.54) is 10.5 Å². The molecule has 0 aliphatic carbocycles. The van der Waals surface area contributed by atoms with E-state index < -0.39 is 57.1 Å². The molecule has 0 amide bonds. The third kappa shape index (κ3) is 5.87. The molecule has 0 aliphatic heterocycles. The molecule has 0 radical (unpaired) electrons. The lowest BCUT2D eigenvalue weighted by atomic mass is 9.91. The van der Waals surface area contributed by atoms with E-state index in [0.29, 0.717) is 10.9 Å². The fourth-order valence-corrected chi connectivity index (χ4v) is 3.83. The van der Waals surface area contributed by atoms with Crippen molar-refractivity contribution >= 4 is 21.0 Å². The summed E-state index contributed by atoms with van der Waals surface area (Å²) in [4.78, 5) is 1.49. The molecule has 0 bridgehead atoms. The number of halogens is 17. The SMILES string of the molecule is Cc1ccccc1[S+](C)C.O=S(=O)([O-])C(F)(F)C(F)(F)C(F)(F)C(F)(F)C(F)(F)C(F)(F)C(F)(F)C(F)(F)F. The molecular weight excluding hydrogens is 639 g/mol. The predicted molar refractivity (Wildman–Crippen MR) is 99.0 cm³/mol. The highest BCUT2D eigenvalue weighted by Crippen LogP contribution is 2.64. The van der Waals surface area contributed by atoms with Crippen LogP contribution in [0.1, 0.15) is 5.56 Å². The largest absolute Gasteiger partial charge is 0.743 e. The second-order valence-corrected chi connectivity index (χ2v) is 11.0. The molecule has 0 heterocycles. The molecule has 0 unspecified atom stereocenters. The van der Waals surface area contributed by atoms with Crippen LogP contribution in [0.3, 0.4) is 0 Å². The van der Waals surface area contributed by atoms with E-state index in [0.717, 1.165) is 0 Å². The van der Waals surface area contributed by atoms with E-state index in [-0.39, 0.29) is 0 Å². The van der Waals surface area contributed by atoms with Gasteiger partial charge in [-0.05, 0) is 13.0 Å². The topological polar surface area (TPSA) is 57.2 Å². The molecule has 1 aromatic carbocycles. The van der Waals surface area contributed by atoms with Crippen molar-refractivity contribution in [2.45, 2.75) is 58.8 Å². The van der Waals surface area contributed by atoms with E-state index in [4.69, 9.17) is 0 Å². The van der Waals surface area contributed by atoms with Crippen molar-refractivity contribution in [3.8, 4) is 0 Å². The maximum absolute atomic E-state index is 13.0. The monoisotopic (exact) mass is 652 g/mol. The first-order valence-electron chi connectivity index (χ1n) is 9.01. The van der Waals surface area contributed by atoms with E-state index in [1.54, 1.807) is 0 Å². The summed E-state index contributed by atoms with van der Waals surface area (Å²) in [5.41, 5.74) is 1.41. The number of benzene rings is 1. The van der Waals surface area contributed by atoms with Crippen molar-refractivity contribution in [1.82, 2.24) is 0 Å². The quantitative estimate of drug-likeness (QED) is 0.178. The van der Waals surface area contributed by atoms with Crippen molar-refractivity contribution in [3.63, 3.8) is 0 Å². The van der Waals surface area contributed by atoms with Crippen molar-refractivity contribution < 1.29 is 87.6 Å². The van der Waals surface area contributed by atoms with Gasteiger partial charge in [0.2, 0.25) is 0 Å². The van der Waals surface area contributed by atoms with Crippen LogP contribution in [0.15, 0.2) is 29.2 Å². The van der Waals surface area contributed by atoms with Crippen LogP contribution < -0.4 is 0 Å². The maximum Gasteiger partial charge on any atom is 0.460 e. The predicted octanol–water partition coefficient (Wildman–Crippen LogP) is 6.73. The number of rotatable bonds is 8. The van der Waals surface area contributed by atoms with Gasteiger partial charge in [-0.1, -0.05) is 18.2 Å². The Kier molecular flexibility index (Phi) is 10.1. The standard InChI is InChI=1S/C9H13S.C8HF17O3S/c1-8-6-4-5-7-9(8)10(2)3;9-1(10,3(13,14)5(17,18)7(21,22)23)2(11,12)4(15,16)6(19,20)8(24,25)29(26,27)28/h4-7H,1-3H3;(H,26,27,28)/q+1;/p-1. The Bertz CT molecular complexity index is 1110. The average molecular weight is 652 g/mol. The molecule has 230 valence electrons. The van der Waals surface area contributed by atoms with Gasteiger partial charge in [-0.25, -0.2) is 8.42 Å². The van der Waals surface area contributed by atoms with Crippen molar-refractivity contribution in [2.75, 3.05) is 12.5 Å². The summed E-state index contributed by atoms with van der Waals surface area (Å²) in [5, 5.41) is -7.95. The molecule has 0 saturated carbocycles. The lowest BCUT2D eigenvalue weighted by Crippen LogP contribution is -2.75. The molecule has 0 spiro atoms. The Morgan fingerprint density at radius 3 is 1.15 bits per heavy atom. The summed E-state index contributed by atoms with van der Waals surface area (Å²) in [6.07, 6.45) is -3.39. The van der Waals surface area contributed by atoms with Crippen molar-refractivity contribution in [2.24, 2.45) is 0 Å². The van der Waals surface area contributed by atoms with Crippen LogP contribution in [-0.2, 0) is 21.0 Å². The summed E-state index contributed by atoms with van der Waals surface area (Å²) in [6.45, 7) is 2.17. The molecule has 1 rings (SSSR count). The second-order valence-electron chi connectivity index (χ2n) is 7.50. The molecule has 22 heteroatoms. The van der Waals surface area contributed by atoms with E-state index in [2.05, 4.69) is 43.7 Å². The zero-order valence-electron chi connectivity index (χ0n) is 18.8. The van der Waals surface area contributed by atoms with E-state index >= 15 is 0 Å². The Morgan fingerprint density at radius 1 is 0.590 bits per heavy atom. The van der Waals surface area contributed by atoms with E-state index in [9.17, 15) is 87.6 Å². The third-order valence-electron chi connectivity index (χ3n) is 4.54. The first-order chi connectivity index (χ1) is 16.7. The van der Waals surface area contributed by atoms with E-state index in [1.807, 2.05) is 0 Å². The number of hydrogen-bond acceptors (Lipinski definition) is 3. The van der Waals surface area contributed by atoms with Gasteiger partial charge in [0.25, 0.3) is 0 Å². The van der Waals surface area contributed by atoms with Crippen LogP contribution in [0.2, 0.25) is 0 Å². The van der Waals surface area contributed by atoms with Gasteiger partial charge in [0.15, 0.2) is 15.0 Å². The summed E-state index contributed by atoms with van der Waals surface area (Å²) in [5.74, 6) is -52.1. The Labute approximate surface area is 210 Å². The Morgan fingerprint density at radius 2 is 0.897 bits per heavy atom. The number of hydrogen-bond donors (Lipinski definition) is 0. The molecule has 0 N–H and O–H groups in total. The van der Waals surface area contributed by atoms with Crippen LogP contribution in [0.4, 0.5) is 74.6 Å².